The van der Waals surface area contributed by atoms with E-state index in [1.165, 1.54) is 24.8 Å². The van der Waals surface area contributed by atoms with Gasteiger partial charge in [0.25, 0.3) is 0 Å². The molecular formula is C24H31N5OS. The summed E-state index contributed by atoms with van der Waals surface area (Å²) in [6, 6.07) is 8.76. The summed E-state index contributed by atoms with van der Waals surface area (Å²) >= 11 is 1.70. The van der Waals surface area contributed by atoms with Crippen LogP contribution in [0.1, 0.15) is 56.2 Å². The van der Waals surface area contributed by atoms with E-state index in [0.29, 0.717) is 6.04 Å². The number of nitrogens with zero attached hydrogens (tertiary/aromatic N) is 4. The fourth-order valence-corrected chi connectivity index (χ4v) is 5.88. The van der Waals surface area contributed by atoms with Gasteiger partial charge in [0.2, 0.25) is 5.91 Å². The van der Waals surface area contributed by atoms with Crippen molar-refractivity contribution in [3.63, 3.8) is 0 Å². The van der Waals surface area contributed by atoms with Crippen LogP contribution in [0.3, 0.4) is 0 Å². The zero-order chi connectivity index (χ0) is 21.4. The zero-order valence-electron chi connectivity index (χ0n) is 18.4. The fraction of sp³-hybridized carbons (Fsp3) is 0.542. The van der Waals surface area contributed by atoms with Gasteiger partial charge in [-0.1, -0.05) is 48.3 Å². The van der Waals surface area contributed by atoms with Gasteiger partial charge in [-0.3, -0.25) is 4.79 Å². The monoisotopic (exact) mass is 437 g/mol. The molecule has 1 aliphatic carbocycles. The van der Waals surface area contributed by atoms with Crippen LogP contribution in [0.5, 0.6) is 0 Å². The molecule has 1 unspecified atom stereocenters. The molecule has 0 bridgehead atoms. The quantitative estimate of drug-likeness (QED) is 0.639. The first kappa shape index (κ1) is 20.5. The van der Waals surface area contributed by atoms with Crippen LogP contribution in [-0.4, -0.2) is 39.8 Å². The molecule has 0 spiro atoms. The van der Waals surface area contributed by atoms with Crippen LogP contribution < -0.4 is 10.2 Å². The number of benzene rings is 1. The van der Waals surface area contributed by atoms with Crippen LogP contribution in [0.15, 0.2) is 24.3 Å². The van der Waals surface area contributed by atoms with Crippen LogP contribution in [0.25, 0.3) is 16.0 Å². The Morgan fingerprint density at radius 2 is 1.84 bits per heavy atom. The van der Waals surface area contributed by atoms with E-state index in [9.17, 15) is 4.79 Å². The fourth-order valence-electron chi connectivity index (χ4n) is 4.86. The zero-order valence-corrected chi connectivity index (χ0v) is 19.2. The number of hydrogen-bond donors (Lipinski definition) is 1. The Kier molecular flexibility index (Phi) is 5.69. The summed E-state index contributed by atoms with van der Waals surface area (Å²) in [4.78, 5) is 20.2. The molecule has 1 aromatic carbocycles. The third-order valence-corrected chi connectivity index (χ3v) is 7.88. The molecule has 1 saturated carbocycles. The number of amides is 1. The molecule has 1 aliphatic heterocycles. The first-order valence-electron chi connectivity index (χ1n) is 11.6. The topological polar surface area (TPSA) is 63.1 Å². The number of anilines is 1. The van der Waals surface area contributed by atoms with Crippen molar-refractivity contribution in [2.75, 3.05) is 18.0 Å². The van der Waals surface area contributed by atoms with Crippen LogP contribution in [0, 0.1) is 19.8 Å². The first-order chi connectivity index (χ1) is 15.1. The smallest absolute Gasteiger partial charge is 0.225 e. The Balaban J connectivity index is 1.34. The third kappa shape index (κ3) is 4.20. The molecule has 164 valence electrons. The lowest BCUT2D eigenvalue weighted by Crippen LogP contribution is -2.46. The molecule has 1 saturated heterocycles. The predicted molar refractivity (Wildman–Crippen MR) is 126 cm³/mol. The number of aromatic nitrogens is 3. The highest BCUT2D eigenvalue weighted by Crippen LogP contribution is 2.34. The molecule has 2 aliphatic rings. The lowest BCUT2D eigenvalue weighted by atomic mass is 9.93. The Morgan fingerprint density at radius 3 is 2.61 bits per heavy atom. The van der Waals surface area contributed by atoms with E-state index >= 15 is 0 Å². The highest BCUT2D eigenvalue weighted by Gasteiger charge is 2.29. The highest BCUT2D eigenvalue weighted by molar-refractivity contribution is 7.22. The number of thiazole rings is 1. The molecule has 5 rings (SSSR count). The average Bonchev–Trinajstić information content (AvgIpc) is 3.36. The van der Waals surface area contributed by atoms with Gasteiger partial charge in [-0.25, -0.2) is 4.68 Å². The number of piperidine rings is 1. The van der Waals surface area contributed by atoms with Gasteiger partial charge in [0.15, 0.2) is 10.8 Å². The van der Waals surface area contributed by atoms with E-state index in [1.807, 2.05) is 11.6 Å². The van der Waals surface area contributed by atoms with Gasteiger partial charge in [-0.05, 0) is 51.7 Å². The SMILES string of the molecule is Cc1ccc(-n2nc(C)c3sc(N4CCCC(C(=O)NC5CCCCC5)C4)nc32)cc1. The van der Waals surface area contributed by atoms with Crippen LogP contribution in [0.4, 0.5) is 5.13 Å². The molecule has 1 amide bonds. The number of nitrogens with one attached hydrogen (secondary N) is 1. The molecule has 2 aromatic heterocycles. The number of fused-ring (bicyclic) bond motifs is 1. The molecule has 1 atom stereocenters. The molecule has 3 aromatic rings. The minimum atomic E-state index is 0.0531. The van der Waals surface area contributed by atoms with Crippen molar-refractivity contribution in [1.82, 2.24) is 20.1 Å². The number of rotatable bonds is 4. The molecule has 6 nitrogen and oxygen atoms in total. The second-order valence-electron chi connectivity index (χ2n) is 9.11. The molecule has 1 N–H and O–H groups in total. The second kappa shape index (κ2) is 8.61. The second-order valence-corrected chi connectivity index (χ2v) is 10.1. The van der Waals surface area contributed by atoms with Crippen molar-refractivity contribution < 1.29 is 4.79 Å². The maximum absolute atomic E-state index is 12.9. The van der Waals surface area contributed by atoms with Gasteiger partial charge < -0.3 is 10.2 Å². The van der Waals surface area contributed by atoms with Gasteiger partial charge in [0, 0.05) is 19.1 Å². The Morgan fingerprint density at radius 1 is 1.06 bits per heavy atom. The van der Waals surface area contributed by atoms with E-state index in [0.717, 1.165) is 65.6 Å². The van der Waals surface area contributed by atoms with E-state index in [-0.39, 0.29) is 11.8 Å². The predicted octanol–water partition coefficient (Wildman–Crippen LogP) is 4.76. The van der Waals surface area contributed by atoms with E-state index in [2.05, 4.69) is 41.4 Å². The summed E-state index contributed by atoms with van der Waals surface area (Å²) in [5.41, 5.74) is 4.18. The number of hydrogen-bond acceptors (Lipinski definition) is 5. The normalized spacial score (nSPS) is 20.3. The molecule has 3 heterocycles. The van der Waals surface area contributed by atoms with Crippen molar-refractivity contribution in [2.45, 2.75) is 64.8 Å². The van der Waals surface area contributed by atoms with Crippen molar-refractivity contribution in [3.8, 4) is 5.69 Å². The summed E-state index contributed by atoms with van der Waals surface area (Å²) in [6.07, 6.45) is 8.05. The minimum Gasteiger partial charge on any atom is -0.353 e. The van der Waals surface area contributed by atoms with Gasteiger partial charge in [-0.15, -0.1) is 0 Å². The van der Waals surface area contributed by atoms with Gasteiger partial charge >= 0.3 is 0 Å². The first-order valence-corrected chi connectivity index (χ1v) is 12.4. The van der Waals surface area contributed by atoms with Gasteiger partial charge in [-0.2, -0.15) is 10.1 Å². The standard InChI is InChI=1S/C24H31N5OS/c1-16-10-12-20(13-11-16)29-22-21(17(2)27-29)31-24(26-22)28-14-6-7-18(15-28)23(30)25-19-8-4-3-5-9-19/h10-13,18-19H,3-9,14-15H2,1-2H3,(H,25,30). The van der Waals surface area contributed by atoms with Crippen molar-refractivity contribution in [1.29, 1.82) is 0 Å². The molecule has 2 fully saturated rings. The molecule has 0 radical (unpaired) electrons. The minimum absolute atomic E-state index is 0.0531. The van der Waals surface area contributed by atoms with E-state index < -0.39 is 0 Å². The Bertz CT molecular complexity index is 1060. The van der Waals surface area contributed by atoms with Crippen molar-refractivity contribution in [2.24, 2.45) is 5.92 Å². The summed E-state index contributed by atoms with van der Waals surface area (Å²) in [6.45, 7) is 5.85. The number of carbonyl (C=O) groups is 1. The van der Waals surface area contributed by atoms with Crippen molar-refractivity contribution >= 4 is 32.7 Å². The summed E-state index contributed by atoms with van der Waals surface area (Å²) in [5.74, 6) is 0.289. The molecule has 7 heteroatoms. The maximum Gasteiger partial charge on any atom is 0.225 e. The third-order valence-electron chi connectivity index (χ3n) is 6.67. The lowest BCUT2D eigenvalue weighted by Gasteiger charge is -2.33. The van der Waals surface area contributed by atoms with E-state index in [4.69, 9.17) is 10.1 Å². The van der Waals surface area contributed by atoms with Crippen LogP contribution >= 0.6 is 11.3 Å². The van der Waals surface area contributed by atoms with Crippen LogP contribution in [0.2, 0.25) is 0 Å². The average molecular weight is 438 g/mol. The highest BCUT2D eigenvalue weighted by atomic mass is 32.1. The Hall–Kier alpha value is -2.41. The number of carbonyl (C=O) groups excluding carboxylic acids is 1. The lowest BCUT2D eigenvalue weighted by molar-refractivity contribution is -0.126. The summed E-state index contributed by atoms with van der Waals surface area (Å²) in [7, 11) is 0. The Labute approximate surface area is 187 Å². The van der Waals surface area contributed by atoms with Gasteiger partial charge in [0.05, 0.1) is 22.0 Å². The van der Waals surface area contributed by atoms with Crippen molar-refractivity contribution in [3.05, 3.63) is 35.5 Å². The van der Waals surface area contributed by atoms with E-state index in [1.54, 1.807) is 11.3 Å². The molecular weight excluding hydrogens is 406 g/mol. The summed E-state index contributed by atoms with van der Waals surface area (Å²) in [5, 5.41) is 9.06. The maximum atomic E-state index is 12.9. The van der Waals surface area contributed by atoms with Crippen LogP contribution in [-0.2, 0) is 4.79 Å². The summed E-state index contributed by atoms with van der Waals surface area (Å²) < 4.78 is 3.07. The van der Waals surface area contributed by atoms with Gasteiger partial charge in [0.1, 0.15) is 0 Å². The largest absolute Gasteiger partial charge is 0.353 e. The molecule has 31 heavy (non-hydrogen) atoms. The number of aryl methyl sites for hydroxylation is 2.